The molecule has 0 fully saturated rings. The quantitative estimate of drug-likeness (QED) is 0.589. The average Bonchev–Trinajstić information content (AvgIpc) is 3.30. The highest BCUT2D eigenvalue weighted by molar-refractivity contribution is 5.58. The number of aliphatic hydroxyl groups excluding tert-OH is 1. The number of nitrogens with zero attached hydrogens (tertiary/aromatic N) is 4. The van der Waals surface area contributed by atoms with Gasteiger partial charge in [0, 0.05) is 30.4 Å². The molecule has 0 radical (unpaired) electrons. The van der Waals surface area contributed by atoms with Gasteiger partial charge >= 0.3 is 0 Å². The van der Waals surface area contributed by atoms with Crippen molar-refractivity contribution in [1.29, 1.82) is 0 Å². The van der Waals surface area contributed by atoms with E-state index in [-0.39, 0.29) is 6.61 Å². The van der Waals surface area contributed by atoms with E-state index in [4.69, 9.17) is 9.84 Å². The Morgan fingerprint density at radius 1 is 1.00 bits per heavy atom. The normalized spacial score (nSPS) is 11.1. The summed E-state index contributed by atoms with van der Waals surface area (Å²) in [6, 6.07) is 13.9. The average molecular weight is 334 g/mol. The van der Waals surface area contributed by atoms with Crippen molar-refractivity contribution in [2.45, 2.75) is 6.54 Å². The van der Waals surface area contributed by atoms with Crippen LogP contribution < -0.4 is 4.74 Å². The van der Waals surface area contributed by atoms with Gasteiger partial charge in [0.05, 0.1) is 18.7 Å². The van der Waals surface area contributed by atoms with E-state index in [1.54, 1.807) is 6.20 Å². The lowest BCUT2D eigenvalue weighted by Crippen LogP contribution is -2.03. The predicted molar refractivity (Wildman–Crippen MR) is 94.5 cm³/mol. The maximum Gasteiger partial charge on any atom is 0.140 e. The molecule has 0 amide bonds. The molecule has 0 atom stereocenters. The summed E-state index contributed by atoms with van der Waals surface area (Å²) in [5.74, 6) is 1.63. The van der Waals surface area contributed by atoms with Crippen molar-refractivity contribution in [2.75, 3.05) is 13.2 Å². The first-order valence-corrected chi connectivity index (χ1v) is 8.11. The van der Waals surface area contributed by atoms with Crippen molar-refractivity contribution in [1.82, 2.24) is 19.2 Å². The Morgan fingerprint density at radius 3 is 2.72 bits per heavy atom. The van der Waals surface area contributed by atoms with Crippen LogP contribution in [0.1, 0.15) is 5.56 Å². The highest BCUT2D eigenvalue weighted by Crippen LogP contribution is 2.22. The van der Waals surface area contributed by atoms with Crippen molar-refractivity contribution in [2.24, 2.45) is 0 Å². The second-order valence-corrected chi connectivity index (χ2v) is 5.67. The molecule has 1 aromatic carbocycles. The van der Waals surface area contributed by atoms with E-state index in [9.17, 15) is 0 Å². The Bertz CT molecular complexity index is 972. The molecule has 126 valence electrons. The van der Waals surface area contributed by atoms with Crippen LogP contribution in [0.25, 0.3) is 16.9 Å². The summed E-state index contributed by atoms with van der Waals surface area (Å²) in [6.45, 7) is 1.02. The topological polar surface area (TPSA) is 64.6 Å². The molecule has 0 aliphatic carbocycles. The summed E-state index contributed by atoms with van der Waals surface area (Å²) >= 11 is 0. The molecule has 0 aliphatic rings. The SMILES string of the molecule is OCCOc1ccc(-c2nccn2Cc2cccn3nccc23)cc1. The van der Waals surface area contributed by atoms with Crippen molar-refractivity contribution in [3.63, 3.8) is 0 Å². The molecule has 25 heavy (non-hydrogen) atoms. The largest absolute Gasteiger partial charge is 0.491 e. The van der Waals surface area contributed by atoms with E-state index in [2.05, 4.69) is 20.7 Å². The lowest BCUT2D eigenvalue weighted by molar-refractivity contribution is 0.201. The first kappa shape index (κ1) is 15.4. The van der Waals surface area contributed by atoms with Gasteiger partial charge in [0.2, 0.25) is 0 Å². The summed E-state index contributed by atoms with van der Waals surface area (Å²) in [5, 5.41) is 13.1. The fraction of sp³-hybridized carbons (Fsp3) is 0.158. The van der Waals surface area contributed by atoms with Crippen LogP contribution in [-0.4, -0.2) is 37.5 Å². The maximum absolute atomic E-state index is 8.82. The van der Waals surface area contributed by atoms with Gasteiger partial charge in [-0.2, -0.15) is 5.10 Å². The number of hydrogen-bond acceptors (Lipinski definition) is 4. The fourth-order valence-electron chi connectivity index (χ4n) is 2.89. The van der Waals surface area contributed by atoms with E-state index < -0.39 is 0 Å². The van der Waals surface area contributed by atoms with Crippen LogP contribution in [0.5, 0.6) is 5.75 Å². The van der Waals surface area contributed by atoms with Gasteiger partial charge in [-0.1, -0.05) is 6.07 Å². The van der Waals surface area contributed by atoms with Gasteiger partial charge in [-0.05, 0) is 42.0 Å². The summed E-state index contributed by atoms with van der Waals surface area (Å²) in [6.07, 6.45) is 7.53. The van der Waals surface area contributed by atoms with Crippen LogP contribution >= 0.6 is 0 Å². The Labute approximate surface area is 144 Å². The summed E-state index contributed by atoms with van der Waals surface area (Å²) < 4.78 is 9.40. The zero-order valence-corrected chi connectivity index (χ0v) is 13.6. The fourth-order valence-corrected chi connectivity index (χ4v) is 2.89. The second-order valence-electron chi connectivity index (χ2n) is 5.67. The molecule has 6 nitrogen and oxygen atoms in total. The highest BCUT2D eigenvalue weighted by atomic mass is 16.5. The molecule has 0 aliphatic heterocycles. The van der Waals surface area contributed by atoms with E-state index in [1.165, 1.54) is 5.56 Å². The molecule has 0 saturated heterocycles. The van der Waals surface area contributed by atoms with E-state index >= 15 is 0 Å². The Morgan fingerprint density at radius 2 is 1.88 bits per heavy atom. The van der Waals surface area contributed by atoms with Gasteiger partial charge in [0.25, 0.3) is 0 Å². The van der Waals surface area contributed by atoms with Crippen molar-refractivity contribution >= 4 is 5.52 Å². The van der Waals surface area contributed by atoms with Gasteiger partial charge in [0.1, 0.15) is 18.2 Å². The van der Waals surface area contributed by atoms with E-state index in [1.807, 2.05) is 59.5 Å². The van der Waals surface area contributed by atoms with Gasteiger partial charge in [-0.15, -0.1) is 0 Å². The number of rotatable bonds is 6. The number of benzene rings is 1. The molecular weight excluding hydrogens is 316 g/mol. The number of fused-ring (bicyclic) bond motifs is 1. The number of aromatic nitrogens is 4. The summed E-state index contributed by atoms with van der Waals surface area (Å²) in [7, 11) is 0. The maximum atomic E-state index is 8.82. The Balaban J connectivity index is 1.61. The highest BCUT2D eigenvalue weighted by Gasteiger charge is 2.09. The number of ether oxygens (including phenoxy) is 1. The van der Waals surface area contributed by atoms with Crippen molar-refractivity contribution < 1.29 is 9.84 Å². The molecule has 0 bridgehead atoms. The number of imidazole rings is 1. The summed E-state index contributed by atoms with van der Waals surface area (Å²) in [4.78, 5) is 4.50. The monoisotopic (exact) mass is 334 g/mol. The first-order valence-electron chi connectivity index (χ1n) is 8.11. The van der Waals surface area contributed by atoms with Gasteiger partial charge in [-0.25, -0.2) is 9.50 Å². The molecule has 1 N–H and O–H groups in total. The lowest BCUT2D eigenvalue weighted by atomic mass is 10.2. The third-order valence-electron chi connectivity index (χ3n) is 4.05. The zero-order valence-electron chi connectivity index (χ0n) is 13.6. The zero-order chi connectivity index (χ0) is 17.1. The van der Waals surface area contributed by atoms with Crippen LogP contribution in [0, 0.1) is 0 Å². The molecule has 3 aromatic heterocycles. The number of hydrogen-bond donors (Lipinski definition) is 1. The van der Waals surface area contributed by atoms with E-state index in [0.717, 1.165) is 22.7 Å². The van der Waals surface area contributed by atoms with Crippen molar-refractivity contribution in [3.05, 3.63) is 72.8 Å². The van der Waals surface area contributed by atoms with Gasteiger partial charge < -0.3 is 14.4 Å². The van der Waals surface area contributed by atoms with Crippen LogP contribution in [0.3, 0.4) is 0 Å². The second kappa shape index (κ2) is 6.78. The molecule has 6 heteroatoms. The molecule has 3 heterocycles. The van der Waals surface area contributed by atoms with Gasteiger partial charge in [0.15, 0.2) is 0 Å². The third kappa shape index (κ3) is 3.12. The minimum Gasteiger partial charge on any atom is -0.491 e. The van der Waals surface area contributed by atoms with Crippen LogP contribution in [0.4, 0.5) is 0 Å². The molecule has 0 saturated carbocycles. The molecule has 4 aromatic rings. The Hall–Kier alpha value is -3.12. The molecule has 4 rings (SSSR count). The number of aliphatic hydroxyl groups is 1. The minimum atomic E-state index is 0.00625. The molecule has 0 spiro atoms. The minimum absolute atomic E-state index is 0.00625. The van der Waals surface area contributed by atoms with Crippen LogP contribution in [-0.2, 0) is 6.54 Å². The van der Waals surface area contributed by atoms with Crippen molar-refractivity contribution in [3.8, 4) is 17.1 Å². The lowest BCUT2D eigenvalue weighted by Gasteiger charge is -2.10. The third-order valence-corrected chi connectivity index (χ3v) is 4.05. The summed E-state index contributed by atoms with van der Waals surface area (Å²) in [5.41, 5.74) is 3.29. The van der Waals surface area contributed by atoms with Gasteiger partial charge in [-0.3, -0.25) is 0 Å². The van der Waals surface area contributed by atoms with Crippen LogP contribution in [0.2, 0.25) is 0 Å². The first-order chi connectivity index (χ1) is 12.3. The molecular formula is C19H18N4O2. The smallest absolute Gasteiger partial charge is 0.140 e. The molecule has 0 unspecified atom stereocenters. The standard InChI is InChI=1S/C19H18N4O2/c24-12-13-25-17-5-3-15(4-6-17)19-20-9-11-22(19)14-16-2-1-10-23-18(16)7-8-21-23/h1-11,24H,12-14H2. The Kier molecular flexibility index (Phi) is 4.18. The number of pyridine rings is 1. The van der Waals surface area contributed by atoms with E-state index in [0.29, 0.717) is 13.2 Å². The van der Waals surface area contributed by atoms with Crippen LogP contribution in [0.15, 0.2) is 67.3 Å². The predicted octanol–water partition coefficient (Wildman–Crippen LogP) is 2.62.